The zero-order chi connectivity index (χ0) is 29.9. The molecule has 9 heteroatoms. The molecule has 6 N–H and O–H groups in total. The Labute approximate surface area is 249 Å². The van der Waals surface area contributed by atoms with Crippen molar-refractivity contribution in [2.24, 2.45) is 5.73 Å². The van der Waals surface area contributed by atoms with Crippen molar-refractivity contribution in [3.63, 3.8) is 0 Å². The summed E-state index contributed by atoms with van der Waals surface area (Å²) in [5.41, 5.74) is 10.5. The van der Waals surface area contributed by atoms with Crippen molar-refractivity contribution in [1.82, 2.24) is 20.9 Å². The summed E-state index contributed by atoms with van der Waals surface area (Å²) < 4.78 is 0. The third-order valence-corrected chi connectivity index (χ3v) is 7.72. The van der Waals surface area contributed by atoms with E-state index in [9.17, 15) is 9.59 Å². The molecular weight excluding hydrogens is 526 g/mol. The van der Waals surface area contributed by atoms with Crippen LogP contribution in [-0.2, 0) is 29.1 Å². The molecule has 1 heterocycles. The van der Waals surface area contributed by atoms with Gasteiger partial charge in [-0.2, -0.15) is 0 Å². The topological polar surface area (TPSA) is 127 Å². The van der Waals surface area contributed by atoms with E-state index < -0.39 is 12.1 Å². The Bertz CT molecular complexity index is 1300. The van der Waals surface area contributed by atoms with Gasteiger partial charge in [0.25, 0.3) is 0 Å². The fourth-order valence-corrected chi connectivity index (χ4v) is 4.94. The third kappa shape index (κ3) is 9.15. The predicted molar refractivity (Wildman–Crippen MR) is 168 cm³/mol. The molecule has 0 unspecified atom stereocenters. The Kier molecular flexibility index (Phi) is 11.1. The van der Waals surface area contributed by atoms with E-state index >= 15 is 0 Å². The second kappa shape index (κ2) is 15.1. The van der Waals surface area contributed by atoms with E-state index in [1.54, 1.807) is 19.1 Å². The van der Waals surface area contributed by atoms with Gasteiger partial charge in [-0.05, 0) is 55.6 Å². The first-order chi connectivity index (χ1) is 20.3. The number of nitrogens with two attached hydrogens (primary N) is 1. The molecule has 42 heavy (non-hydrogen) atoms. The molecule has 9 nitrogen and oxygen atoms in total. The van der Waals surface area contributed by atoms with Crippen LogP contribution in [-0.4, -0.2) is 67.9 Å². The molecule has 0 spiro atoms. The van der Waals surface area contributed by atoms with Gasteiger partial charge in [-0.1, -0.05) is 66.7 Å². The van der Waals surface area contributed by atoms with E-state index in [4.69, 9.17) is 11.1 Å². The van der Waals surface area contributed by atoms with Crippen molar-refractivity contribution >= 4 is 23.3 Å². The number of nitrogens with one attached hydrogen (secondary N) is 4. The number of anilines is 1. The zero-order valence-electron chi connectivity index (χ0n) is 24.6. The summed E-state index contributed by atoms with van der Waals surface area (Å²) in [5.74, 6) is -0.464. The quantitative estimate of drug-likeness (QED) is 0.159. The molecule has 3 aromatic carbocycles. The van der Waals surface area contributed by atoms with Crippen LogP contribution in [0, 0.1) is 5.41 Å². The summed E-state index contributed by atoms with van der Waals surface area (Å²) in [6.07, 6.45) is 1.34. The average Bonchev–Trinajstić information content (AvgIpc) is 3.01. The van der Waals surface area contributed by atoms with Gasteiger partial charge in [0.15, 0.2) is 0 Å². The minimum absolute atomic E-state index is 0.0000170. The molecule has 0 aromatic heterocycles. The number of piperazine rings is 1. The van der Waals surface area contributed by atoms with Crippen molar-refractivity contribution in [3.8, 4) is 0 Å². The number of nitrogens with zero attached hydrogens (tertiary/aromatic N) is 2. The summed E-state index contributed by atoms with van der Waals surface area (Å²) in [4.78, 5) is 30.9. The molecule has 2 amide bonds. The first-order valence-electron chi connectivity index (χ1n) is 14.6. The van der Waals surface area contributed by atoms with Gasteiger partial charge in [0.2, 0.25) is 11.8 Å². The van der Waals surface area contributed by atoms with Gasteiger partial charge in [0.05, 0.1) is 6.04 Å². The van der Waals surface area contributed by atoms with Crippen LogP contribution >= 0.6 is 0 Å². The molecular formula is C33H43N7O2. The van der Waals surface area contributed by atoms with Crippen LogP contribution in [0.2, 0.25) is 0 Å². The molecule has 1 aliphatic rings. The Hall–Kier alpha value is -4.21. The first kappa shape index (κ1) is 30.7. The number of hydrogen-bond donors (Lipinski definition) is 5. The Balaban J connectivity index is 1.32. The van der Waals surface area contributed by atoms with Gasteiger partial charge < -0.3 is 31.5 Å². The number of carbonyl (C=O) groups excluding carboxylic acids is 2. The minimum atomic E-state index is -0.696. The van der Waals surface area contributed by atoms with E-state index in [-0.39, 0.29) is 17.6 Å². The van der Waals surface area contributed by atoms with E-state index in [0.29, 0.717) is 25.1 Å². The number of carbonyl (C=O) groups is 2. The van der Waals surface area contributed by atoms with Crippen molar-refractivity contribution in [1.29, 1.82) is 5.41 Å². The second-order valence-electron chi connectivity index (χ2n) is 11.0. The van der Waals surface area contributed by atoms with Crippen molar-refractivity contribution in [2.75, 3.05) is 38.1 Å². The van der Waals surface area contributed by atoms with Crippen LogP contribution in [0.25, 0.3) is 0 Å². The third-order valence-electron chi connectivity index (χ3n) is 7.72. The maximum Gasteiger partial charge on any atom is 0.242 e. The van der Waals surface area contributed by atoms with Crippen LogP contribution < -0.4 is 26.6 Å². The maximum atomic E-state index is 13.4. The maximum absolute atomic E-state index is 13.4. The standard InChI is InChI=1S/C33H43N7O2/c1-24(32(41)37-23-26-8-13-28(14-9-26)31(34)35)38-33(42)30(17-12-25-6-4-3-5-7-25)36-22-27-10-15-29(16-11-27)40-20-18-39(2)19-21-40/h3-11,13-16,24,30,36H,12,17-23H2,1-2H3,(H3,34,35)(H,37,41)(H,38,42)/t24-,30+/m0/s1. The number of amidine groups is 1. The average molecular weight is 570 g/mol. The molecule has 0 saturated carbocycles. The van der Waals surface area contributed by atoms with Crippen LogP contribution in [0.1, 0.15) is 35.6 Å². The van der Waals surface area contributed by atoms with E-state index in [0.717, 1.165) is 49.3 Å². The van der Waals surface area contributed by atoms with Crippen molar-refractivity contribution in [2.45, 2.75) is 44.9 Å². The van der Waals surface area contributed by atoms with Crippen molar-refractivity contribution < 1.29 is 9.59 Å². The predicted octanol–water partition coefficient (Wildman–Crippen LogP) is 2.63. The van der Waals surface area contributed by atoms with Crippen LogP contribution in [0.3, 0.4) is 0 Å². The number of likely N-dealkylation sites (N-methyl/N-ethyl adjacent to an activating group) is 1. The monoisotopic (exact) mass is 569 g/mol. The Morgan fingerprint density at radius 3 is 2.10 bits per heavy atom. The molecule has 0 radical (unpaired) electrons. The second-order valence-corrected chi connectivity index (χ2v) is 11.0. The first-order valence-corrected chi connectivity index (χ1v) is 14.6. The normalized spacial score (nSPS) is 15.0. The molecule has 1 saturated heterocycles. The van der Waals surface area contributed by atoms with Gasteiger partial charge >= 0.3 is 0 Å². The Morgan fingerprint density at radius 2 is 1.45 bits per heavy atom. The molecule has 0 aliphatic carbocycles. The molecule has 1 fully saturated rings. The summed E-state index contributed by atoms with van der Waals surface area (Å²) in [6, 6.07) is 24.6. The highest BCUT2D eigenvalue weighted by molar-refractivity contribution is 5.95. The lowest BCUT2D eigenvalue weighted by molar-refractivity contribution is -0.129. The van der Waals surface area contributed by atoms with E-state index in [1.807, 2.05) is 30.3 Å². The zero-order valence-corrected chi connectivity index (χ0v) is 24.6. The van der Waals surface area contributed by atoms with Gasteiger partial charge in [-0.15, -0.1) is 0 Å². The number of amides is 2. The number of benzene rings is 3. The van der Waals surface area contributed by atoms with E-state index in [1.165, 1.54) is 5.69 Å². The van der Waals surface area contributed by atoms with Crippen LogP contribution in [0.4, 0.5) is 5.69 Å². The summed E-state index contributed by atoms with van der Waals surface area (Å²) in [7, 11) is 2.15. The molecule has 2 atom stereocenters. The lowest BCUT2D eigenvalue weighted by Gasteiger charge is -2.34. The molecule has 222 valence electrons. The Morgan fingerprint density at radius 1 is 0.833 bits per heavy atom. The highest BCUT2D eigenvalue weighted by Crippen LogP contribution is 2.17. The van der Waals surface area contributed by atoms with E-state index in [2.05, 4.69) is 69.2 Å². The number of rotatable bonds is 13. The van der Waals surface area contributed by atoms with Gasteiger partial charge in [-0.25, -0.2) is 0 Å². The summed E-state index contributed by atoms with van der Waals surface area (Å²) in [6.45, 7) is 6.72. The lowest BCUT2D eigenvalue weighted by atomic mass is 10.0. The van der Waals surface area contributed by atoms with Gasteiger partial charge in [0, 0.05) is 50.5 Å². The molecule has 0 bridgehead atoms. The lowest BCUT2D eigenvalue weighted by Crippen LogP contribution is -2.51. The minimum Gasteiger partial charge on any atom is -0.384 e. The SMILES string of the molecule is C[C@H](NC(=O)[C@@H](CCc1ccccc1)NCc1ccc(N2CCN(C)CC2)cc1)C(=O)NCc1ccc(C(=N)N)cc1. The smallest absolute Gasteiger partial charge is 0.242 e. The highest BCUT2D eigenvalue weighted by atomic mass is 16.2. The number of nitrogen functional groups attached to an aromatic ring is 1. The fourth-order valence-electron chi connectivity index (χ4n) is 4.94. The molecule has 3 aromatic rings. The molecule has 1 aliphatic heterocycles. The molecule has 4 rings (SSSR count). The number of hydrogen-bond acceptors (Lipinski definition) is 6. The largest absolute Gasteiger partial charge is 0.384 e. The van der Waals surface area contributed by atoms with Crippen molar-refractivity contribution in [3.05, 3.63) is 101 Å². The fraction of sp³-hybridized carbons (Fsp3) is 0.364. The van der Waals surface area contributed by atoms with Crippen LogP contribution in [0.5, 0.6) is 0 Å². The highest BCUT2D eigenvalue weighted by Gasteiger charge is 2.23. The summed E-state index contributed by atoms with van der Waals surface area (Å²) in [5, 5.41) is 16.7. The van der Waals surface area contributed by atoms with Crippen LogP contribution in [0.15, 0.2) is 78.9 Å². The van der Waals surface area contributed by atoms with Gasteiger partial charge in [-0.3, -0.25) is 15.0 Å². The summed E-state index contributed by atoms with van der Waals surface area (Å²) >= 11 is 0. The van der Waals surface area contributed by atoms with Gasteiger partial charge in [0.1, 0.15) is 11.9 Å². The number of aryl methyl sites for hydroxylation is 1.